The Kier molecular flexibility index (Phi) is 5.14. The molecule has 1 heterocycles. The molecule has 0 bridgehead atoms. The van der Waals surface area contributed by atoms with Gasteiger partial charge in [0, 0.05) is 25.7 Å². The number of carbonyl (C=O) groups is 2. The highest BCUT2D eigenvalue weighted by Gasteiger charge is 2.35. The Morgan fingerprint density at radius 2 is 1.83 bits per heavy atom. The first kappa shape index (κ1) is 15.0. The van der Waals surface area contributed by atoms with Crippen molar-refractivity contribution in [1.82, 2.24) is 9.80 Å². The van der Waals surface area contributed by atoms with Crippen molar-refractivity contribution in [3.63, 3.8) is 0 Å². The van der Waals surface area contributed by atoms with Gasteiger partial charge < -0.3 is 10.0 Å². The Labute approximate surface area is 109 Å². The summed E-state index contributed by atoms with van der Waals surface area (Å²) in [6, 6.07) is 0.676. The van der Waals surface area contributed by atoms with Gasteiger partial charge in [0.2, 0.25) is 5.91 Å². The summed E-state index contributed by atoms with van der Waals surface area (Å²) in [6.07, 6.45) is 2.25. The van der Waals surface area contributed by atoms with Crippen LogP contribution in [0.4, 0.5) is 0 Å². The van der Waals surface area contributed by atoms with Crippen LogP contribution in [-0.4, -0.2) is 58.5 Å². The van der Waals surface area contributed by atoms with Crippen LogP contribution in [0, 0.1) is 0 Å². The first-order chi connectivity index (χ1) is 8.34. The number of aliphatic carboxylic acids is 1. The summed E-state index contributed by atoms with van der Waals surface area (Å²) in [5, 5.41) is 8.63. The fourth-order valence-electron chi connectivity index (χ4n) is 2.80. The smallest absolute Gasteiger partial charge is 0.305 e. The third-order valence-corrected chi connectivity index (χ3v) is 3.86. The lowest BCUT2D eigenvalue weighted by Crippen LogP contribution is -2.49. The predicted octanol–water partition coefficient (Wildman–Crippen LogP) is 1.18. The highest BCUT2D eigenvalue weighted by atomic mass is 16.4. The van der Waals surface area contributed by atoms with Crippen LogP contribution in [0.3, 0.4) is 0 Å². The summed E-state index contributed by atoms with van der Waals surface area (Å²) in [6.45, 7) is 6.47. The molecule has 0 aromatic carbocycles. The topological polar surface area (TPSA) is 60.9 Å². The van der Waals surface area contributed by atoms with E-state index in [2.05, 4.69) is 18.7 Å². The lowest BCUT2D eigenvalue weighted by Gasteiger charge is -2.33. The zero-order chi connectivity index (χ0) is 13.9. The fraction of sp³-hybridized carbons (Fsp3) is 0.846. The second-order valence-corrected chi connectivity index (χ2v) is 5.30. The largest absolute Gasteiger partial charge is 0.481 e. The Balaban J connectivity index is 2.57. The van der Waals surface area contributed by atoms with Crippen LogP contribution in [0.1, 0.15) is 40.0 Å². The van der Waals surface area contributed by atoms with E-state index in [1.807, 2.05) is 6.92 Å². The molecular weight excluding hydrogens is 232 g/mol. The number of nitrogens with zero attached hydrogens (tertiary/aromatic N) is 2. The van der Waals surface area contributed by atoms with E-state index >= 15 is 0 Å². The van der Waals surface area contributed by atoms with Gasteiger partial charge in [-0.05, 0) is 33.6 Å². The summed E-state index contributed by atoms with van der Waals surface area (Å²) in [4.78, 5) is 26.5. The van der Waals surface area contributed by atoms with Gasteiger partial charge in [-0.15, -0.1) is 0 Å². The second-order valence-electron chi connectivity index (χ2n) is 5.30. The lowest BCUT2D eigenvalue weighted by molar-refractivity contribution is -0.139. The van der Waals surface area contributed by atoms with Crippen molar-refractivity contribution in [2.24, 2.45) is 0 Å². The number of carbonyl (C=O) groups excluding carboxylic acids is 1. The van der Waals surface area contributed by atoms with Crippen molar-refractivity contribution >= 4 is 11.9 Å². The number of likely N-dealkylation sites (tertiary alicyclic amines) is 1. The normalized spacial score (nSPS) is 26.0. The highest BCUT2D eigenvalue weighted by Crippen LogP contribution is 2.26. The van der Waals surface area contributed by atoms with Crippen molar-refractivity contribution in [2.45, 2.75) is 58.2 Å². The molecule has 1 amide bonds. The molecule has 1 saturated heterocycles. The lowest BCUT2D eigenvalue weighted by atomic mass is 10.2. The molecule has 18 heavy (non-hydrogen) atoms. The van der Waals surface area contributed by atoms with E-state index in [9.17, 15) is 9.59 Å². The SMILES string of the molecule is CC1CCC(C)N1C(C)C(=O)N(C)CCC(=O)O. The number of rotatable bonds is 5. The maximum absolute atomic E-state index is 12.2. The van der Waals surface area contributed by atoms with Gasteiger partial charge in [0.25, 0.3) is 0 Å². The van der Waals surface area contributed by atoms with Crippen LogP contribution >= 0.6 is 0 Å². The maximum Gasteiger partial charge on any atom is 0.305 e. The molecule has 0 aromatic rings. The molecule has 0 aliphatic carbocycles. The molecule has 5 heteroatoms. The molecule has 5 nitrogen and oxygen atoms in total. The summed E-state index contributed by atoms with van der Waals surface area (Å²) in [7, 11) is 1.67. The molecule has 104 valence electrons. The third-order valence-electron chi connectivity index (χ3n) is 3.86. The monoisotopic (exact) mass is 256 g/mol. The summed E-state index contributed by atoms with van der Waals surface area (Å²) in [5.74, 6) is -0.859. The van der Waals surface area contributed by atoms with E-state index in [0.717, 1.165) is 12.8 Å². The van der Waals surface area contributed by atoms with Crippen molar-refractivity contribution < 1.29 is 14.7 Å². The van der Waals surface area contributed by atoms with E-state index in [-0.39, 0.29) is 24.9 Å². The Morgan fingerprint density at radius 1 is 1.33 bits per heavy atom. The molecule has 1 N–H and O–H groups in total. The van der Waals surface area contributed by atoms with Gasteiger partial charge in [-0.3, -0.25) is 14.5 Å². The summed E-state index contributed by atoms with van der Waals surface area (Å²) < 4.78 is 0. The summed E-state index contributed by atoms with van der Waals surface area (Å²) in [5.41, 5.74) is 0. The van der Waals surface area contributed by atoms with Gasteiger partial charge in [-0.2, -0.15) is 0 Å². The van der Waals surface area contributed by atoms with Crippen LogP contribution in [0.2, 0.25) is 0 Å². The molecular formula is C13H24N2O3. The van der Waals surface area contributed by atoms with Gasteiger partial charge >= 0.3 is 5.97 Å². The van der Waals surface area contributed by atoms with Crippen molar-refractivity contribution in [1.29, 1.82) is 0 Å². The van der Waals surface area contributed by atoms with E-state index in [1.165, 1.54) is 4.90 Å². The van der Waals surface area contributed by atoms with Crippen molar-refractivity contribution in [3.05, 3.63) is 0 Å². The van der Waals surface area contributed by atoms with E-state index in [1.54, 1.807) is 7.05 Å². The zero-order valence-electron chi connectivity index (χ0n) is 11.7. The molecule has 0 spiro atoms. The standard InChI is InChI=1S/C13H24N2O3/c1-9-5-6-10(2)15(9)11(3)13(18)14(4)8-7-12(16)17/h9-11H,5-8H2,1-4H3,(H,16,17). The third kappa shape index (κ3) is 3.45. The van der Waals surface area contributed by atoms with Gasteiger partial charge in [-0.25, -0.2) is 0 Å². The Bertz CT molecular complexity index is 309. The molecule has 3 atom stereocenters. The minimum Gasteiger partial charge on any atom is -0.481 e. The predicted molar refractivity (Wildman–Crippen MR) is 69.3 cm³/mol. The Morgan fingerprint density at radius 3 is 2.28 bits per heavy atom. The Hall–Kier alpha value is -1.10. The van der Waals surface area contributed by atoms with E-state index in [4.69, 9.17) is 5.11 Å². The van der Waals surface area contributed by atoms with Gasteiger partial charge in [0.1, 0.15) is 0 Å². The minimum atomic E-state index is -0.870. The molecule has 0 radical (unpaired) electrons. The zero-order valence-corrected chi connectivity index (χ0v) is 11.7. The van der Waals surface area contributed by atoms with Gasteiger partial charge in [0.15, 0.2) is 0 Å². The molecule has 1 aliphatic heterocycles. The average Bonchev–Trinajstić information content (AvgIpc) is 2.64. The van der Waals surface area contributed by atoms with E-state index < -0.39 is 5.97 Å². The quantitative estimate of drug-likeness (QED) is 0.802. The fourth-order valence-corrected chi connectivity index (χ4v) is 2.80. The van der Waals surface area contributed by atoms with Crippen LogP contribution < -0.4 is 0 Å². The van der Waals surface area contributed by atoms with Crippen LogP contribution in [0.15, 0.2) is 0 Å². The van der Waals surface area contributed by atoms with Crippen molar-refractivity contribution in [2.75, 3.05) is 13.6 Å². The van der Waals surface area contributed by atoms with E-state index in [0.29, 0.717) is 12.1 Å². The van der Waals surface area contributed by atoms with Gasteiger partial charge in [-0.1, -0.05) is 0 Å². The van der Waals surface area contributed by atoms with Gasteiger partial charge in [0.05, 0.1) is 12.5 Å². The number of hydrogen-bond donors (Lipinski definition) is 1. The molecule has 0 aromatic heterocycles. The second kappa shape index (κ2) is 6.18. The number of carboxylic acids is 1. The minimum absolute atomic E-state index is 0.0000666. The van der Waals surface area contributed by atoms with Crippen molar-refractivity contribution in [3.8, 4) is 0 Å². The molecule has 1 aliphatic rings. The number of carboxylic acid groups (broad SMARTS) is 1. The van der Waals surface area contributed by atoms with Crippen LogP contribution in [0.25, 0.3) is 0 Å². The first-order valence-electron chi connectivity index (χ1n) is 6.58. The maximum atomic E-state index is 12.2. The summed E-state index contributed by atoms with van der Waals surface area (Å²) >= 11 is 0. The highest BCUT2D eigenvalue weighted by molar-refractivity contribution is 5.81. The average molecular weight is 256 g/mol. The first-order valence-corrected chi connectivity index (χ1v) is 6.58. The number of likely N-dealkylation sites (N-methyl/N-ethyl adjacent to an activating group) is 1. The van der Waals surface area contributed by atoms with Crippen LogP contribution in [0.5, 0.6) is 0 Å². The number of hydrogen-bond acceptors (Lipinski definition) is 3. The molecule has 3 unspecified atom stereocenters. The molecule has 1 rings (SSSR count). The molecule has 0 saturated carbocycles. The van der Waals surface area contributed by atoms with Crippen LogP contribution in [-0.2, 0) is 9.59 Å². The molecule has 1 fully saturated rings. The number of amides is 1.